The summed E-state index contributed by atoms with van der Waals surface area (Å²) in [4.78, 5) is 12.3. The van der Waals surface area contributed by atoms with Crippen LogP contribution in [0, 0.1) is 17.6 Å². The number of Topliss-reactive ketones (excluding diaryl/α,β-unsaturated/α-hetero) is 1. The Balaban J connectivity index is 2.32. The van der Waals surface area contributed by atoms with Gasteiger partial charge in [-0.1, -0.05) is 19.8 Å². The third kappa shape index (κ3) is 2.43. The van der Waals surface area contributed by atoms with E-state index in [0.717, 1.165) is 31.0 Å². The molecule has 1 aromatic rings. The summed E-state index contributed by atoms with van der Waals surface area (Å²) in [5, 5.41) is 0. The maximum atomic E-state index is 13.6. The molecule has 0 heterocycles. The van der Waals surface area contributed by atoms with Gasteiger partial charge >= 0.3 is 0 Å². The van der Waals surface area contributed by atoms with E-state index in [1.54, 1.807) is 0 Å². The van der Waals surface area contributed by atoms with Crippen molar-refractivity contribution < 1.29 is 13.6 Å². The van der Waals surface area contributed by atoms with E-state index in [-0.39, 0.29) is 5.56 Å². The number of halogens is 2. The van der Waals surface area contributed by atoms with Gasteiger partial charge in [0.15, 0.2) is 5.78 Å². The lowest BCUT2D eigenvalue weighted by Gasteiger charge is -2.35. The van der Waals surface area contributed by atoms with Crippen LogP contribution >= 0.6 is 0 Å². The van der Waals surface area contributed by atoms with Crippen molar-refractivity contribution in [2.24, 2.45) is 11.7 Å². The molecule has 2 rings (SSSR count). The maximum absolute atomic E-state index is 13.6. The van der Waals surface area contributed by atoms with Crippen LogP contribution in [0.5, 0.6) is 0 Å². The van der Waals surface area contributed by atoms with E-state index in [2.05, 4.69) is 0 Å². The SMILES string of the molecule is CC1CCCC(N)(C(=O)c2cc(F)ccc2F)C1. The molecule has 2 nitrogen and oxygen atoms in total. The largest absolute Gasteiger partial charge is 0.319 e. The third-order valence-electron chi connectivity index (χ3n) is 3.66. The zero-order valence-corrected chi connectivity index (χ0v) is 10.4. The first-order valence-electron chi connectivity index (χ1n) is 6.21. The molecule has 2 N–H and O–H groups in total. The molecule has 1 fully saturated rings. The Kier molecular flexibility index (Phi) is 3.48. The molecule has 0 radical (unpaired) electrons. The van der Waals surface area contributed by atoms with Crippen LogP contribution in [-0.2, 0) is 0 Å². The fourth-order valence-electron chi connectivity index (χ4n) is 2.74. The first-order valence-corrected chi connectivity index (χ1v) is 6.21. The van der Waals surface area contributed by atoms with Crippen molar-refractivity contribution in [2.75, 3.05) is 0 Å². The predicted octanol–water partition coefficient (Wildman–Crippen LogP) is 3.06. The lowest BCUT2D eigenvalue weighted by Crippen LogP contribution is -2.51. The van der Waals surface area contributed by atoms with E-state index in [1.165, 1.54) is 0 Å². The van der Waals surface area contributed by atoms with Crippen molar-refractivity contribution in [3.63, 3.8) is 0 Å². The fraction of sp³-hybridized carbons (Fsp3) is 0.500. The summed E-state index contributed by atoms with van der Waals surface area (Å²) in [5.41, 5.74) is 4.83. The van der Waals surface area contributed by atoms with E-state index in [1.807, 2.05) is 6.92 Å². The highest BCUT2D eigenvalue weighted by Crippen LogP contribution is 2.33. The zero-order valence-electron chi connectivity index (χ0n) is 10.4. The summed E-state index contributed by atoms with van der Waals surface area (Å²) >= 11 is 0. The van der Waals surface area contributed by atoms with E-state index < -0.39 is 23.0 Å². The minimum Gasteiger partial charge on any atom is -0.319 e. The molecular weight excluding hydrogens is 236 g/mol. The van der Waals surface area contributed by atoms with E-state index in [4.69, 9.17) is 5.73 Å². The van der Waals surface area contributed by atoms with Crippen LogP contribution in [0.25, 0.3) is 0 Å². The number of hydrogen-bond acceptors (Lipinski definition) is 2. The van der Waals surface area contributed by atoms with Crippen molar-refractivity contribution >= 4 is 5.78 Å². The lowest BCUT2D eigenvalue weighted by atomic mass is 9.73. The Labute approximate surface area is 105 Å². The third-order valence-corrected chi connectivity index (χ3v) is 3.66. The first kappa shape index (κ1) is 13.1. The Morgan fingerprint density at radius 3 is 2.83 bits per heavy atom. The van der Waals surface area contributed by atoms with Gasteiger partial charge in [0.2, 0.25) is 0 Å². The Hall–Kier alpha value is -1.29. The number of nitrogens with two attached hydrogens (primary N) is 1. The second kappa shape index (κ2) is 4.76. The van der Waals surface area contributed by atoms with Crippen molar-refractivity contribution in [3.05, 3.63) is 35.4 Å². The second-order valence-corrected chi connectivity index (χ2v) is 5.31. The average molecular weight is 253 g/mol. The number of carbonyl (C=O) groups excluding carboxylic acids is 1. The molecule has 0 aliphatic heterocycles. The maximum Gasteiger partial charge on any atom is 0.185 e. The zero-order chi connectivity index (χ0) is 13.3. The molecular formula is C14H17F2NO. The van der Waals surface area contributed by atoms with Crippen LogP contribution in [-0.4, -0.2) is 11.3 Å². The summed E-state index contributed by atoms with van der Waals surface area (Å²) in [5.74, 6) is -1.47. The van der Waals surface area contributed by atoms with Gasteiger partial charge < -0.3 is 5.73 Å². The first-order chi connectivity index (χ1) is 8.42. The van der Waals surface area contributed by atoms with Crippen LogP contribution in [0.2, 0.25) is 0 Å². The van der Waals surface area contributed by atoms with Crippen LogP contribution in [0.1, 0.15) is 43.0 Å². The van der Waals surface area contributed by atoms with E-state index >= 15 is 0 Å². The average Bonchev–Trinajstić information content (AvgIpc) is 2.31. The smallest absolute Gasteiger partial charge is 0.185 e. The number of hydrogen-bond donors (Lipinski definition) is 1. The van der Waals surface area contributed by atoms with Crippen LogP contribution in [0.3, 0.4) is 0 Å². The van der Waals surface area contributed by atoms with Gasteiger partial charge in [0.05, 0.1) is 11.1 Å². The molecule has 0 bridgehead atoms. The normalized spacial score (nSPS) is 28.1. The highest BCUT2D eigenvalue weighted by atomic mass is 19.1. The number of rotatable bonds is 2. The summed E-state index contributed by atoms with van der Waals surface area (Å²) in [6.07, 6.45) is 2.94. The predicted molar refractivity (Wildman–Crippen MR) is 65.2 cm³/mol. The molecule has 2 unspecified atom stereocenters. The molecule has 2 atom stereocenters. The molecule has 1 saturated carbocycles. The van der Waals surface area contributed by atoms with Crippen molar-refractivity contribution in [1.29, 1.82) is 0 Å². The number of ketones is 1. The Bertz CT molecular complexity index is 475. The Morgan fingerprint density at radius 2 is 2.17 bits per heavy atom. The van der Waals surface area contributed by atoms with Crippen LogP contribution < -0.4 is 5.73 Å². The summed E-state index contributed by atoms with van der Waals surface area (Å²) in [6.45, 7) is 2.02. The molecule has 0 aromatic heterocycles. The lowest BCUT2D eigenvalue weighted by molar-refractivity contribution is 0.0814. The highest BCUT2D eigenvalue weighted by Gasteiger charge is 2.39. The van der Waals surface area contributed by atoms with Gasteiger partial charge in [0.25, 0.3) is 0 Å². The van der Waals surface area contributed by atoms with Crippen molar-refractivity contribution in [3.8, 4) is 0 Å². The topological polar surface area (TPSA) is 43.1 Å². The molecule has 1 aliphatic carbocycles. The molecule has 1 aromatic carbocycles. The minimum absolute atomic E-state index is 0.230. The monoisotopic (exact) mass is 253 g/mol. The second-order valence-electron chi connectivity index (χ2n) is 5.31. The van der Waals surface area contributed by atoms with Crippen LogP contribution in [0.15, 0.2) is 18.2 Å². The van der Waals surface area contributed by atoms with Gasteiger partial charge in [-0.15, -0.1) is 0 Å². The van der Waals surface area contributed by atoms with E-state index in [9.17, 15) is 13.6 Å². The summed E-state index contributed by atoms with van der Waals surface area (Å²) in [7, 11) is 0. The van der Waals surface area contributed by atoms with Gasteiger partial charge in [-0.3, -0.25) is 4.79 Å². The number of benzene rings is 1. The quantitative estimate of drug-likeness (QED) is 0.823. The van der Waals surface area contributed by atoms with E-state index in [0.29, 0.717) is 18.8 Å². The number of carbonyl (C=O) groups is 1. The minimum atomic E-state index is -1.05. The summed E-state index contributed by atoms with van der Waals surface area (Å²) in [6, 6.07) is 2.91. The molecule has 0 spiro atoms. The molecule has 4 heteroatoms. The summed E-state index contributed by atoms with van der Waals surface area (Å²) < 4.78 is 26.7. The van der Waals surface area contributed by atoms with Gasteiger partial charge in [0, 0.05) is 0 Å². The van der Waals surface area contributed by atoms with Gasteiger partial charge in [-0.25, -0.2) is 8.78 Å². The van der Waals surface area contributed by atoms with Crippen molar-refractivity contribution in [1.82, 2.24) is 0 Å². The Morgan fingerprint density at radius 1 is 1.44 bits per heavy atom. The molecule has 0 saturated heterocycles. The molecule has 1 aliphatic rings. The molecule has 18 heavy (non-hydrogen) atoms. The van der Waals surface area contributed by atoms with Crippen LogP contribution in [0.4, 0.5) is 8.78 Å². The van der Waals surface area contributed by atoms with Gasteiger partial charge in [0.1, 0.15) is 11.6 Å². The fourth-order valence-corrected chi connectivity index (χ4v) is 2.74. The van der Waals surface area contributed by atoms with Gasteiger partial charge in [-0.2, -0.15) is 0 Å². The van der Waals surface area contributed by atoms with Crippen molar-refractivity contribution in [2.45, 2.75) is 38.1 Å². The van der Waals surface area contributed by atoms with Gasteiger partial charge in [-0.05, 0) is 37.0 Å². The molecule has 98 valence electrons. The molecule has 0 amide bonds. The highest BCUT2D eigenvalue weighted by molar-refractivity contribution is 6.03. The standard InChI is InChI=1S/C14H17F2NO/c1-9-3-2-6-14(17,8-9)13(18)11-7-10(15)4-5-12(11)16/h4-5,7,9H,2-3,6,8,17H2,1H3.